The number of halogens is 1. The Morgan fingerprint density at radius 2 is 1.91 bits per heavy atom. The van der Waals surface area contributed by atoms with Gasteiger partial charge in [0.25, 0.3) is 0 Å². The normalized spacial score (nSPS) is 12.1. The Morgan fingerprint density at radius 1 is 1.17 bits per heavy atom. The zero-order valence-corrected chi connectivity index (χ0v) is 12.6. The minimum Gasteiger partial charge on any atom is -0.380 e. The summed E-state index contributed by atoms with van der Waals surface area (Å²) < 4.78 is 14.1. The predicted molar refractivity (Wildman–Crippen MR) is 88.2 cm³/mol. The molecule has 3 aromatic rings. The van der Waals surface area contributed by atoms with Gasteiger partial charge >= 0.3 is 0 Å². The molecule has 0 aliphatic carbocycles. The first-order valence-electron chi connectivity index (χ1n) is 7.22. The van der Waals surface area contributed by atoms with Crippen molar-refractivity contribution in [2.24, 2.45) is 0 Å². The van der Waals surface area contributed by atoms with E-state index in [1.54, 1.807) is 18.5 Å². The van der Waals surface area contributed by atoms with Gasteiger partial charge in [-0.05, 0) is 35.6 Å². The third-order valence-corrected chi connectivity index (χ3v) is 3.66. The molecule has 3 nitrogen and oxygen atoms in total. The number of fused-ring (bicyclic) bond motifs is 1. The molecule has 1 atom stereocenters. The highest BCUT2D eigenvalue weighted by Gasteiger charge is 2.08. The number of aliphatic hydroxyl groups is 1. The monoisotopic (exact) mass is 306 g/mol. The minimum absolute atomic E-state index is 0.211. The summed E-state index contributed by atoms with van der Waals surface area (Å²) in [6.45, 7) is 1.87. The van der Waals surface area contributed by atoms with Crippen LogP contribution in [0.25, 0.3) is 21.9 Å². The molecule has 0 fully saturated rings. The minimum atomic E-state index is -0.890. The van der Waals surface area contributed by atoms with Gasteiger partial charge in [0.05, 0.1) is 0 Å². The van der Waals surface area contributed by atoms with Crippen LogP contribution in [0.2, 0.25) is 0 Å². The molecule has 0 aliphatic heterocycles. The first kappa shape index (κ1) is 15.1. The second-order valence-electron chi connectivity index (χ2n) is 5.46. The molecule has 0 amide bonds. The van der Waals surface area contributed by atoms with E-state index in [0.29, 0.717) is 11.2 Å². The molecule has 0 radical (unpaired) electrons. The number of benzene rings is 2. The summed E-state index contributed by atoms with van der Waals surface area (Å²) in [6, 6.07) is 9.06. The van der Waals surface area contributed by atoms with Gasteiger partial charge in [0.15, 0.2) is 0 Å². The van der Waals surface area contributed by atoms with E-state index in [4.69, 9.17) is 6.42 Å². The molecule has 4 heteroatoms. The maximum Gasteiger partial charge on any atom is 0.131 e. The van der Waals surface area contributed by atoms with Crippen LogP contribution in [0.4, 0.5) is 4.39 Å². The van der Waals surface area contributed by atoms with Crippen molar-refractivity contribution in [2.45, 2.75) is 19.4 Å². The van der Waals surface area contributed by atoms with Gasteiger partial charge in [-0.25, -0.2) is 14.4 Å². The van der Waals surface area contributed by atoms with Gasteiger partial charge in [-0.1, -0.05) is 24.1 Å². The van der Waals surface area contributed by atoms with Crippen LogP contribution in [0.1, 0.15) is 11.4 Å². The Bertz CT molecular complexity index is 898. The number of nitrogens with zero attached hydrogens (tertiary/aromatic N) is 2. The van der Waals surface area contributed by atoms with Crippen LogP contribution in [0.5, 0.6) is 0 Å². The third kappa shape index (κ3) is 3.20. The lowest BCUT2D eigenvalue weighted by Gasteiger charge is -2.07. The standard InChI is InChI=1S/C19H15FN2O/c1-3-16(23)9-19-21-10-15(11-22-19)13-4-5-14-6-12(2)7-18(20)17(14)8-13/h1,4-8,10-11,16,23H,9H2,2H3. The zero-order valence-electron chi connectivity index (χ0n) is 12.6. The number of aryl methyl sites for hydroxylation is 1. The largest absolute Gasteiger partial charge is 0.380 e. The third-order valence-electron chi connectivity index (χ3n) is 3.66. The van der Waals surface area contributed by atoms with Crippen molar-refractivity contribution >= 4 is 10.8 Å². The van der Waals surface area contributed by atoms with Gasteiger partial charge in [0.1, 0.15) is 17.7 Å². The van der Waals surface area contributed by atoms with Crippen LogP contribution >= 0.6 is 0 Å². The molecule has 0 saturated heterocycles. The van der Waals surface area contributed by atoms with Crippen LogP contribution in [0.3, 0.4) is 0 Å². The van der Waals surface area contributed by atoms with Gasteiger partial charge in [0.2, 0.25) is 0 Å². The number of hydrogen-bond acceptors (Lipinski definition) is 3. The summed E-state index contributed by atoms with van der Waals surface area (Å²) in [4.78, 5) is 8.40. The number of terminal acetylenes is 1. The Morgan fingerprint density at radius 3 is 2.61 bits per heavy atom. The average Bonchev–Trinajstić information content (AvgIpc) is 2.55. The summed E-state index contributed by atoms with van der Waals surface area (Å²) in [5.41, 5.74) is 2.51. The van der Waals surface area contributed by atoms with Gasteiger partial charge in [-0.3, -0.25) is 0 Å². The fourth-order valence-electron chi connectivity index (χ4n) is 2.47. The molecule has 0 spiro atoms. The van der Waals surface area contributed by atoms with Crippen LogP contribution in [0, 0.1) is 25.1 Å². The topological polar surface area (TPSA) is 46.0 Å². The molecule has 0 saturated carbocycles. The number of rotatable bonds is 3. The van der Waals surface area contributed by atoms with Crippen LogP contribution in [-0.2, 0) is 6.42 Å². The maximum atomic E-state index is 14.1. The van der Waals surface area contributed by atoms with E-state index in [1.165, 1.54) is 6.07 Å². The molecule has 1 heterocycles. The molecule has 1 N–H and O–H groups in total. The van der Waals surface area contributed by atoms with E-state index in [-0.39, 0.29) is 12.2 Å². The van der Waals surface area contributed by atoms with E-state index in [9.17, 15) is 9.50 Å². The molecular formula is C19H15FN2O. The molecule has 23 heavy (non-hydrogen) atoms. The quantitative estimate of drug-likeness (QED) is 0.755. The van der Waals surface area contributed by atoms with Crippen molar-refractivity contribution < 1.29 is 9.50 Å². The lowest BCUT2D eigenvalue weighted by Crippen LogP contribution is -2.09. The molecular weight excluding hydrogens is 291 g/mol. The van der Waals surface area contributed by atoms with Crippen LogP contribution < -0.4 is 0 Å². The second kappa shape index (κ2) is 6.15. The van der Waals surface area contributed by atoms with E-state index in [1.807, 2.05) is 25.1 Å². The Hall–Kier alpha value is -2.77. The lowest BCUT2D eigenvalue weighted by molar-refractivity contribution is 0.230. The summed E-state index contributed by atoms with van der Waals surface area (Å²) in [7, 11) is 0. The van der Waals surface area contributed by atoms with Gasteiger partial charge in [-0.15, -0.1) is 6.42 Å². The molecule has 2 aromatic carbocycles. The zero-order chi connectivity index (χ0) is 16.4. The molecule has 0 aliphatic rings. The van der Waals surface area contributed by atoms with Crippen molar-refractivity contribution in [1.82, 2.24) is 9.97 Å². The SMILES string of the molecule is C#CC(O)Cc1ncc(-c2ccc3cc(C)cc(F)c3c2)cn1. The highest BCUT2D eigenvalue weighted by atomic mass is 19.1. The second-order valence-corrected chi connectivity index (χ2v) is 5.46. The van der Waals surface area contributed by atoms with E-state index < -0.39 is 6.10 Å². The smallest absolute Gasteiger partial charge is 0.131 e. The van der Waals surface area contributed by atoms with Crippen LogP contribution in [-0.4, -0.2) is 21.2 Å². The van der Waals surface area contributed by atoms with Crippen molar-refractivity contribution in [1.29, 1.82) is 0 Å². The molecule has 1 aromatic heterocycles. The number of aromatic nitrogens is 2. The van der Waals surface area contributed by atoms with Gasteiger partial charge in [0, 0.05) is 29.8 Å². The Labute approximate surface area is 133 Å². The summed E-state index contributed by atoms with van der Waals surface area (Å²) >= 11 is 0. The number of aliphatic hydroxyl groups excluding tert-OH is 1. The van der Waals surface area contributed by atoms with Gasteiger partial charge in [-0.2, -0.15) is 0 Å². The Kier molecular flexibility index (Phi) is 4.05. The molecule has 0 bridgehead atoms. The van der Waals surface area contributed by atoms with E-state index >= 15 is 0 Å². The lowest BCUT2D eigenvalue weighted by atomic mass is 10.0. The van der Waals surface area contributed by atoms with Crippen molar-refractivity contribution in [3.63, 3.8) is 0 Å². The molecule has 114 valence electrons. The first-order valence-corrected chi connectivity index (χ1v) is 7.22. The average molecular weight is 306 g/mol. The van der Waals surface area contributed by atoms with Crippen LogP contribution in [0.15, 0.2) is 42.7 Å². The highest BCUT2D eigenvalue weighted by molar-refractivity contribution is 5.88. The summed E-state index contributed by atoms with van der Waals surface area (Å²) in [5, 5.41) is 10.8. The predicted octanol–water partition coefficient (Wildman–Crippen LogP) is 3.28. The maximum absolute atomic E-state index is 14.1. The Balaban J connectivity index is 1.95. The molecule has 3 rings (SSSR count). The van der Waals surface area contributed by atoms with E-state index in [0.717, 1.165) is 22.1 Å². The van der Waals surface area contributed by atoms with Gasteiger partial charge < -0.3 is 5.11 Å². The summed E-state index contributed by atoms with van der Waals surface area (Å²) in [6.07, 6.45) is 7.75. The molecule has 1 unspecified atom stereocenters. The fourth-order valence-corrected chi connectivity index (χ4v) is 2.47. The van der Waals surface area contributed by atoms with Crippen molar-refractivity contribution in [2.75, 3.05) is 0 Å². The van der Waals surface area contributed by atoms with Crippen molar-refractivity contribution in [3.8, 4) is 23.5 Å². The first-order chi connectivity index (χ1) is 11.1. The van der Waals surface area contributed by atoms with Crippen molar-refractivity contribution in [3.05, 3.63) is 59.9 Å². The highest BCUT2D eigenvalue weighted by Crippen LogP contribution is 2.26. The number of hydrogen-bond donors (Lipinski definition) is 1. The summed E-state index contributed by atoms with van der Waals surface area (Å²) in [5.74, 6) is 2.46. The fraction of sp³-hybridized carbons (Fsp3) is 0.158. The van der Waals surface area contributed by atoms with E-state index in [2.05, 4.69) is 15.9 Å².